The summed E-state index contributed by atoms with van der Waals surface area (Å²) in [7, 11) is 0. The third-order valence-corrected chi connectivity index (χ3v) is 4.41. The van der Waals surface area contributed by atoms with E-state index < -0.39 is 6.10 Å². The first-order valence-electron chi connectivity index (χ1n) is 8.45. The summed E-state index contributed by atoms with van der Waals surface area (Å²) in [6.07, 6.45) is 4.86. The quantitative estimate of drug-likeness (QED) is 0.807. The van der Waals surface area contributed by atoms with Gasteiger partial charge in [-0.3, -0.25) is 4.98 Å². The van der Waals surface area contributed by atoms with Crippen molar-refractivity contribution >= 4 is 0 Å². The van der Waals surface area contributed by atoms with Crippen LogP contribution in [0.3, 0.4) is 0 Å². The Morgan fingerprint density at radius 2 is 1.92 bits per heavy atom. The van der Waals surface area contributed by atoms with Gasteiger partial charge in [0.1, 0.15) is 0 Å². The molecule has 128 valence electrons. The second kappa shape index (κ2) is 8.13. The van der Waals surface area contributed by atoms with Gasteiger partial charge in [-0.1, -0.05) is 13.0 Å². The Hall–Kier alpha value is -2.11. The molecule has 1 atom stereocenters. The fourth-order valence-corrected chi connectivity index (χ4v) is 2.86. The van der Waals surface area contributed by atoms with E-state index in [1.165, 1.54) is 5.56 Å². The number of ether oxygens (including phenoxy) is 2. The Labute approximate surface area is 142 Å². The number of fused-ring (bicyclic) bond motifs is 1. The summed E-state index contributed by atoms with van der Waals surface area (Å²) in [4.78, 5) is 6.40. The number of benzene rings is 1. The van der Waals surface area contributed by atoms with Crippen LogP contribution in [0, 0.1) is 0 Å². The normalized spacial score (nSPS) is 14.1. The minimum absolute atomic E-state index is 0.257. The molecule has 5 nitrogen and oxygen atoms in total. The minimum atomic E-state index is -0.491. The first-order valence-corrected chi connectivity index (χ1v) is 8.45. The SMILES string of the molecule is CCN(CCc1ccncc1)CCC(O)c1ccc2c(c1)OCO2. The van der Waals surface area contributed by atoms with E-state index in [4.69, 9.17) is 9.47 Å². The first kappa shape index (κ1) is 16.7. The first-order chi connectivity index (χ1) is 11.8. The Morgan fingerprint density at radius 1 is 1.12 bits per heavy atom. The van der Waals surface area contributed by atoms with Gasteiger partial charge >= 0.3 is 0 Å². The molecule has 5 heteroatoms. The van der Waals surface area contributed by atoms with Crippen LogP contribution in [0.5, 0.6) is 11.5 Å². The van der Waals surface area contributed by atoms with Crippen molar-refractivity contribution in [2.75, 3.05) is 26.4 Å². The van der Waals surface area contributed by atoms with E-state index >= 15 is 0 Å². The zero-order valence-corrected chi connectivity index (χ0v) is 14.0. The van der Waals surface area contributed by atoms with Crippen LogP contribution in [-0.2, 0) is 6.42 Å². The van der Waals surface area contributed by atoms with Gasteiger partial charge in [-0.05, 0) is 54.8 Å². The highest BCUT2D eigenvalue weighted by atomic mass is 16.7. The van der Waals surface area contributed by atoms with Crippen LogP contribution in [0.2, 0.25) is 0 Å². The highest BCUT2D eigenvalue weighted by Crippen LogP contribution is 2.34. The van der Waals surface area contributed by atoms with Crippen molar-refractivity contribution in [1.82, 2.24) is 9.88 Å². The zero-order chi connectivity index (χ0) is 16.8. The van der Waals surface area contributed by atoms with Gasteiger partial charge in [-0.2, -0.15) is 0 Å². The van der Waals surface area contributed by atoms with Crippen LogP contribution in [0.25, 0.3) is 0 Å². The predicted octanol–water partition coefficient (Wildman–Crippen LogP) is 2.80. The van der Waals surface area contributed by atoms with Gasteiger partial charge in [-0.25, -0.2) is 0 Å². The monoisotopic (exact) mass is 328 g/mol. The molecule has 1 unspecified atom stereocenters. The molecule has 1 aliphatic rings. The highest BCUT2D eigenvalue weighted by Gasteiger charge is 2.17. The molecule has 2 aromatic rings. The van der Waals surface area contributed by atoms with Crippen molar-refractivity contribution in [3.05, 3.63) is 53.9 Å². The van der Waals surface area contributed by atoms with Crippen LogP contribution in [-0.4, -0.2) is 41.4 Å². The highest BCUT2D eigenvalue weighted by molar-refractivity contribution is 5.45. The lowest BCUT2D eigenvalue weighted by Crippen LogP contribution is -2.28. The lowest BCUT2D eigenvalue weighted by atomic mass is 10.1. The van der Waals surface area contributed by atoms with Gasteiger partial charge in [-0.15, -0.1) is 0 Å². The molecule has 0 aliphatic carbocycles. The molecular weight excluding hydrogens is 304 g/mol. The maximum Gasteiger partial charge on any atom is 0.231 e. The van der Waals surface area contributed by atoms with Gasteiger partial charge in [0.15, 0.2) is 11.5 Å². The van der Waals surface area contributed by atoms with E-state index in [1.807, 2.05) is 30.6 Å². The molecule has 0 amide bonds. The molecule has 1 aromatic carbocycles. The van der Waals surface area contributed by atoms with Gasteiger partial charge in [0.25, 0.3) is 0 Å². The molecule has 0 radical (unpaired) electrons. The summed E-state index contributed by atoms with van der Waals surface area (Å²) in [6, 6.07) is 9.75. The second-order valence-corrected chi connectivity index (χ2v) is 5.96. The molecule has 0 bridgehead atoms. The average molecular weight is 328 g/mol. The van der Waals surface area contributed by atoms with Gasteiger partial charge in [0.2, 0.25) is 6.79 Å². The van der Waals surface area contributed by atoms with Crippen LogP contribution in [0.15, 0.2) is 42.7 Å². The molecular formula is C19H24N2O3. The van der Waals surface area contributed by atoms with Gasteiger partial charge in [0, 0.05) is 25.5 Å². The summed E-state index contributed by atoms with van der Waals surface area (Å²) in [5, 5.41) is 10.5. The molecule has 1 aromatic heterocycles. The average Bonchev–Trinajstić information content (AvgIpc) is 3.10. The third kappa shape index (κ3) is 4.24. The van der Waals surface area contributed by atoms with Crippen molar-refractivity contribution in [3.8, 4) is 11.5 Å². The van der Waals surface area contributed by atoms with Crippen molar-refractivity contribution < 1.29 is 14.6 Å². The summed E-state index contributed by atoms with van der Waals surface area (Å²) in [6.45, 7) is 5.22. The van der Waals surface area contributed by atoms with Crippen molar-refractivity contribution in [3.63, 3.8) is 0 Å². The Kier molecular flexibility index (Phi) is 5.67. The summed E-state index contributed by atoms with van der Waals surface area (Å²) in [5.41, 5.74) is 2.17. The molecule has 1 N–H and O–H groups in total. The molecule has 3 rings (SSSR count). The Balaban J connectivity index is 1.49. The number of rotatable bonds is 8. The molecule has 1 aliphatic heterocycles. The maximum atomic E-state index is 10.5. The summed E-state index contributed by atoms with van der Waals surface area (Å²) < 4.78 is 10.7. The number of hydrogen-bond donors (Lipinski definition) is 1. The van der Waals surface area contributed by atoms with E-state index in [0.29, 0.717) is 6.42 Å². The fraction of sp³-hybridized carbons (Fsp3) is 0.421. The van der Waals surface area contributed by atoms with Crippen LogP contribution < -0.4 is 9.47 Å². The lowest BCUT2D eigenvalue weighted by Gasteiger charge is -2.22. The van der Waals surface area contributed by atoms with Crippen LogP contribution in [0.4, 0.5) is 0 Å². The molecule has 0 saturated heterocycles. The van der Waals surface area contributed by atoms with E-state index in [1.54, 1.807) is 0 Å². The van der Waals surface area contributed by atoms with Crippen LogP contribution >= 0.6 is 0 Å². The third-order valence-electron chi connectivity index (χ3n) is 4.41. The number of aliphatic hydroxyl groups is 1. The number of nitrogens with zero attached hydrogens (tertiary/aromatic N) is 2. The number of aliphatic hydroxyl groups excluding tert-OH is 1. The van der Waals surface area contributed by atoms with Crippen molar-refractivity contribution in [2.24, 2.45) is 0 Å². The Morgan fingerprint density at radius 3 is 2.71 bits per heavy atom. The molecule has 24 heavy (non-hydrogen) atoms. The minimum Gasteiger partial charge on any atom is -0.454 e. The molecule has 0 spiro atoms. The molecule has 0 fully saturated rings. The van der Waals surface area contributed by atoms with E-state index in [9.17, 15) is 5.11 Å². The van der Waals surface area contributed by atoms with Crippen molar-refractivity contribution in [2.45, 2.75) is 25.9 Å². The lowest BCUT2D eigenvalue weighted by molar-refractivity contribution is 0.143. The predicted molar refractivity (Wildman–Crippen MR) is 92.2 cm³/mol. The Bertz CT molecular complexity index is 648. The maximum absolute atomic E-state index is 10.5. The standard InChI is InChI=1S/C19H24N2O3/c1-2-21(11-7-15-5-9-20-10-6-15)12-8-17(22)16-3-4-18-19(13-16)24-14-23-18/h3-6,9-10,13,17,22H,2,7-8,11-12,14H2,1H3. The van der Waals surface area contributed by atoms with Gasteiger partial charge < -0.3 is 19.5 Å². The largest absolute Gasteiger partial charge is 0.454 e. The van der Waals surface area contributed by atoms with E-state index in [-0.39, 0.29) is 6.79 Å². The summed E-state index contributed by atoms with van der Waals surface area (Å²) in [5.74, 6) is 1.47. The smallest absolute Gasteiger partial charge is 0.231 e. The van der Waals surface area contributed by atoms with Crippen LogP contribution in [0.1, 0.15) is 30.6 Å². The second-order valence-electron chi connectivity index (χ2n) is 5.96. The van der Waals surface area contributed by atoms with Crippen molar-refractivity contribution in [1.29, 1.82) is 0 Å². The number of pyridine rings is 1. The summed E-state index contributed by atoms with van der Waals surface area (Å²) >= 11 is 0. The fourth-order valence-electron chi connectivity index (χ4n) is 2.86. The van der Waals surface area contributed by atoms with Gasteiger partial charge in [0.05, 0.1) is 6.10 Å². The number of hydrogen-bond acceptors (Lipinski definition) is 5. The topological polar surface area (TPSA) is 54.8 Å². The number of aromatic nitrogens is 1. The molecule has 0 saturated carbocycles. The zero-order valence-electron chi connectivity index (χ0n) is 14.0. The van der Waals surface area contributed by atoms with E-state index in [0.717, 1.165) is 43.1 Å². The number of likely N-dealkylation sites (N-methyl/N-ethyl adjacent to an activating group) is 1. The van der Waals surface area contributed by atoms with E-state index in [2.05, 4.69) is 28.9 Å². The molecule has 2 heterocycles.